The van der Waals surface area contributed by atoms with Crippen molar-refractivity contribution in [3.8, 4) is 0 Å². The van der Waals surface area contributed by atoms with Crippen LogP contribution in [0, 0.1) is 23.7 Å². The highest BCUT2D eigenvalue weighted by Gasteiger charge is 2.43. The van der Waals surface area contributed by atoms with E-state index in [9.17, 15) is 33.9 Å². The summed E-state index contributed by atoms with van der Waals surface area (Å²) in [6.07, 6.45) is 0.135. The van der Waals surface area contributed by atoms with E-state index in [1.54, 1.807) is 63.7 Å². The van der Waals surface area contributed by atoms with E-state index in [0.717, 1.165) is 5.56 Å². The minimum Gasteiger partial charge on any atom is -0.480 e. The average Bonchev–Trinajstić information content (AvgIpc) is 3.70. The van der Waals surface area contributed by atoms with Gasteiger partial charge in [-0.1, -0.05) is 85.2 Å². The molecule has 5 amide bonds. The van der Waals surface area contributed by atoms with Crippen LogP contribution < -0.4 is 10.6 Å². The Morgan fingerprint density at radius 2 is 1.49 bits per heavy atom. The third-order valence-electron chi connectivity index (χ3n) is 12.3. The van der Waals surface area contributed by atoms with Crippen molar-refractivity contribution in [3.63, 3.8) is 0 Å². The third-order valence-corrected chi connectivity index (χ3v) is 12.3. The van der Waals surface area contributed by atoms with Crippen LogP contribution in [-0.2, 0) is 44.6 Å². The van der Waals surface area contributed by atoms with Crippen LogP contribution in [0.5, 0.6) is 0 Å². The van der Waals surface area contributed by atoms with Crippen LogP contribution in [0.4, 0.5) is 4.79 Å². The summed E-state index contributed by atoms with van der Waals surface area (Å²) in [4.78, 5) is 87.9. The molecule has 1 aliphatic rings. The van der Waals surface area contributed by atoms with Crippen LogP contribution in [0.25, 0.3) is 0 Å². The number of carboxylic acid groups (broad SMARTS) is 1. The molecule has 3 N–H and O–H groups in total. The van der Waals surface area contributed by atoms with Crippen molar-refractivity contribution in [2.75, 3.05) is 55.0 Å². The SMILES string of the molecule is CC[C@H](C)[C@@H]([C@@H](CC(=O)N1CCC[C@H]1[C@H](OC)[C@@H](C)C(=O)N[C@@H](Cc1ccccc1)C(=O)O)OC)N(C)C(=O)[C@@H](NC(=O)[C@H](C(C)C)N(C)CCN(C)C(=O)OC(C)(C)C)C(C)C. The predicted molar refractivity (Wildman–Crippen MR) is 243 cm³/mol. The monoisotopic (exact) mass is 889 g/mol. The molecule has 0 spiro atoms. The summed E-state index contributed by atoms with van der Waals surface area (Å²) in [7, 11) is 8.18. The third kappa shape index (κ3) is 16.0. The molecule has 0 radical (unpaired) electrons. The summed E-state index contributed by atoms with van der Waals surface area (Å²) in [5.41, 5.74) is 0.135. The fraction of sp³-hybridized carbons (Fsp3) is 0.745. The molecule has 16 heteroatoms. The lowest BCUT2D eigenvalue weighted by Gasteiger charge is -2.41. The zero-order chi connectivity index (χ0) is 47.9. The molecule has 1 saturated heterocycles. The van der Waals surface area contributed by atoms with E-state index in [1.807, 2.05) is 71.7 Å². The first-order chi connectivity index (χ1) is 29.4. The average molecular weight is 889 g/mol. The molecule has 1 fully saturated rings. The predicted octanol–water partition coefficient (Wildman–Crippen LogP) is 4.68. The second-order valence-corrected chi connectivity index (χ2v) is 19.0. The van der Waals surface area contributed by atoms with Gasteiger partial charge in [0.15, 0.2) is 0 Å². The van der Waals surface area contributed by atoms with Gasteiger partial charge in [0.25, 0.3) is 0 Å². The quantitative estimate of drug-likeness (QED) is 0.131. The zero-order valence-corrected chi connectivity index (χ0v) is 40.8. The molecule has 1 heterocycles. The van der Waals surface area contributed by atoms with Gasteiger partial charge in [-0.05, 0) is 64.0 Å². The number of ether oxygens (including phenoxy) is 3. The van der Waals surface area contributed by atoms with Gasteiger partial charge >= 0.3 is 12.1 Å². The molecular formula is C47H80N6O10. The lowest BCUT2D eigenvalue weighted by molar-refractivity contribution is -0.148. The highest BCUT2D eigenvalue weighted by atomic mass is 16.6. The van der Waals surface area contributed by atoms with Crippen LogP contribution in [0.15, 0.2) is 30.3 Å². The number of carboxylic acids is 1. The van der Waals surface area contributed by atoms with Gasteiger partial charge in [0, 0.05) is 54.4 Å². The summed E-state index contributed by atoms with van der Waals surface area (Å²) in [6.45, 7) is 19.9. The molecule has 2 rings (SSSR count). The number of likely N-dealkylation sites (tertiary alicyclic amines) is 1. The first-order valence-electron chi connectivity index (χ1n) is 22.5. The maximum atomic E-state index is 14.5. The first-order valence-corrected chi connectivity index (χ1v) is 22.5. The largest absolute Gasteiger partial charge is 0.480 e. The Labute approximate surface area is 377 Å². The topological polar surface area (TPSA) is 187 Å². The molecule has 63 heavy (non-hydrogen) atoms. The van der Waals surface area contributed by atoms with Gasteiger partial charge in [-0.15, -0.1) is 0 Å². The molecule has 358 valence electrons. The first kappa shape index (κ1) is 54.9. The Kier molecular flexibility index (Phi) is 22.0. The number of amides is 5. The van der Waals surface area contributed by atoms with E-state index in [2.05, 4.69) is 10.6 Å². The standard InChI is InChI=1S/C47H80N6O10/c1-16-31(6)40(52(13)44(57)38(29(2)3)49-43(56)39(30(4)5)50(11)25-26-51(12)46(60)63-47(8,9)10)36(61-14)28-37(54)53-24-20-23-35(53)41(62-15)32(7)42(55)48-34(45(58)59)27-33-21-18-17-19-22-33/h17-19,21-22,29-32,34-36,38-41H,16,20,23-28H2,1-15H3,(H,48,55)(H,49,56)(H,58,59)/t31-,32+,34-,35-,36+,38-,39-,40-,41+/m0/s1. The molecule has 16 nitrogen and oxygen atoms in total. The van der Waals surface area contributed by atoms with Gasteiger partial charge in [-0.25, -0.2) is 9.59 Å². The van der Waals surface area contributed by atoms with E-state index >= 15 is 0 Å². The van der Waals surface area contributed by atoms with Gasteiger partial charge in [0.1, 0.15) is 17.7 Å². The summed E-state index contributed by atoms with van der Waals surface area (Å²) >= 11 is 0. The highest BCUT2D eigenvalue weighted by molar-refractivity contribution is 5.90. The molecule has 0 aromatic heterocycles. The Balaban J connectivity index is 2.26. The second kappa shape index (κ2) is 25.3. The van der Waals surface area contributed by atoms with Gasteiger partial charge < -0.3 is 44.7 Å². The Morgan fingerprint density at radius 3 is 2.00 bits per heavy atom. The molecule has 1 aromatic carbocycles. The number of carbonyl (C=O) groups is 6. The number of likely N-dealkylation sites (N-methyl/N-ethyl adjacent to an activating group) is 3. The zero-order valence-electron chi connectivity index (χ0n) is 40.8. The van der Waals surface area contributed by atoms with Gasteiger partial charge in [0.05, 0.1) is 42.7 Å². The number of carbonyl (C=O) groups excluding carboxylic acids is 5. The van der Waals surface area contributed by atoms with Crippen molar-refractivity contribution in [2.45, 2.75) is 149 Å². The van der Waals surface area contributed by atoms with E-state index in [4.69, 9.17) is 14.2 Å². The lowest BCUT2D eigenvalue weighted by atomic mass is 9.89. The van der Waals surface area contributed by atoms with E-state index < -0.39 is 71.9 Å². The Hall–Kier alpha value is -4.28. The minimum absolute atomic E-state index is 0.0501. The number of methoxy groups -OCH3 is 2. The van der Waals surface area contributed by atoms with Crippen molar-refractivity contribution in [1.29, 1.82) is 0 Å². The Morgan fingerprint density at radius 1 is 0.873 bits per heavy atom. The van der Waals surface area contributed by atoms with Crippen LogP contribution in [0.2, 0.25) is 0 Å². The van der Waals surface area contributed by atoms with Gasteiger partial charge in [-0.2, -0.15) is 0 Å². The molecular weight excluding hydrogens is 809 g/mol. The molecule has 1 aliphatic heterocycles. The lowest BCUT2D eigenvalue weighted by Crippen LogP contribution is -2.60. The maximum Gasteiger partial charge on any atom is 0.410 e. The van der Waals surface area contributed by atoms with Crippen molar-refractivity contribution >= 4 is 35.7 Å². The van der Waals surface area contributed by atoms with E-state index in [1.165, 1.54) is 19.1 Å². The minimum atomic E-state index is -1.15. The van der Waals surface area contributed by atoms with Crippen LogP contribution >= 0.6 is 0 Å². The Bertz CT molecular complexity index is 1640. The summed E-state index contributed by atoms with van der Waals surface area (Å²) in [5, 5.41) is 15.7. The van der Waals surface area contributed by atoms with Gasteiger partial charge in [0.2, 0.25) is 23.6 Å². The molecule has 0 aliphatic carbocycles. The maximum absolute atomic E-state index is 14.5. The molecule has 0 unspecified atom stereocenters. The number of aliphatic carboxylic acids is 1. The van der Waals surface area contributed by atoms with E-state index in [0.29, 0.717) is 38.9 Å². The number of nitrogens with zero attached hydrogens (tertiary/aromatic N) is 4. The van der Waals surface area contributed by atoms with Crippen molar-refractivity contribution in [1.82, 2.24) is 30.2 Å². The van der Waals surface area contributed by atoms with Crippen molar-refractivity contribution < 1.29 is 48.1 Å². The second-order valence-electron chi connectivity index (χ2n) is 19.0. The number of nitrogens with one attached hydrogen (secondary N) is 2. The fourth-order valence-corrected chi connectivity index (χ4v) is 8.52. The van der Waals surface area contributed by atoms with Crippen LogP contribution in [0.3, 0.4) is 0 Å². The molecule has 9 atom stereocenters. The summed E-state index contributed by atoms with van der Waals surface area (Å²) in [5.74, 6) is -3.74. The number of rotatable bonds is 24. The van der Waals surface area contributed by atoms with Gasteiger partial charge in [-0.3, -0.25) is 24.1 Å². The normalized spacial score (nSPS) is 18.2. The molecule has 1 aromatic rings. The smallest absolute Gasteiger partial charge is 0.410 e. The molecule has 0 saturated carbocycles. The number of hydrogen-bond donors (Lipinski definition) is 3. The van der Waals surface area contributed by atoms with Crippen molar-refractivity contribution in [2.24, 2.45) is 23.7 Å². The number of hydrogen-bond acceptors (Lipinski definition) is 10. The summed E-state index contributed by atoms with van der Waals surface area (Å²) < 4.78 is 17.4. The van der Waals surface area contributed by atoms with Crippen LogP contribution in [-0.4, -0.2) is 163 Å². The van der Waals surface area contributed by atoms with E-state index in [-0.39, 0.29) is 48.3 Å². The number of benzene rings is 1. The molecule has 0 bridgehead atoms. The highest BCUT2D eigenvalue weighted by Crippen LogP contribution is 2.30. The van der Waals surface area contributed by atoms with Crippen molar-refractivity contribution in [3.05, 3.63) is 35.9 Å². The summed E-state index contributed by atoms with van der Waals surface area (Å²) in [6, 6.07) is 5.45. The van der Waals surface area contributed by atoms with Crippen LogP contribution in [0.1, 0.15) is 100 Å². The fourth-order valence-electron chi connectivity index (χ4n) is 8.52.